The van der Waals surface area contributed by atoms with E-state index in [0.29, 0.717) is 0 Å². The predicted octanol–water partition coefficient (Wildman–Crippen LogP) is 4.06. The van der Waals surface area contributed by atoms with Crippen molar-refractivity contribution >= 4 is 22.1 Å². The summed E-state index contributed by atoms with van der Waals surface area (Å²) >= 11 is 0. The van der Waals surface area contributed by atoms with Gasteiger partial charge in [-0.15, -0.1) is 0 Å². The highest BCUT2D eigenvalue weighted by molar-refractivity contribution is 5.84. The molecule has 0 radical (unpaired) electrons. The number of rotatable bonds is 3. The topological polar surface area (TPSA) is 57.4 Å². The SMILES string of the molecule is CCCc1nc2ccc(-c3nc4ccccc4[nH]3)cc2[nH]1. The van der Waals surface area contributed by atoms with E-state index in [0.717, 1.165) is 52.1 Å². The molecule has 2 N–H and O–H groups in total. The van der Waals surface area contributed by atoms with E-state index in [-0.39, 0.29) is 0 Å². The van der Waals surface area contributed by atoms with Gasteiger partial charge < -0.3 is 9.97 Å². The quantitative estimate of drug-likeness (QED) is 0.593. The molecule has 4 rings (SSSR count). The van der Waals surface area contributed by atoms with E-state index in [1.165, 1.54) is 0 Å². The number of H-pyrrole nitrogens is 2. The third-order valence-electron chi connectivity index (χ3n) is 3.68. The van der Waals surface area contributed by atoms with Crippen LogP contribution < -0.4 is 0 Å². The predicted molar refractivity (Wildman–Crippen MR) is 85.2 cm³/mol. The summed E-state index contributed by atoms with van der Waals surface area (Å²) in [6.45, 7) is 2.16. The standard InChI is InChI=1S/C17H16N4/c1-2-5-16-18-14-9-8-11(10-15(14)19-16)17-20-12-6-3-4-7-13(12)21-17/h3-4,6-10H,2,5H2,1H3,(H,18,19)(H,20,21). The van der Waals surface area contributed by atoms with Crippen LogP contribution in [0, 0.1) is 0 Å². The normalized spacial score (nSPS) is 11.5. The summed E-state index contributed by atoms with van der Waals surface area (Å²) < 4.78 is 0. The third-order valence-corrected chi connectivity index (χ3v) is 3.68. The van der Waals surface area contributed by atoms with Crippen LogP contribution in [0.5, 0.6) is 0 Å². The summed E-state index contributed by atoms with van der Waals surface area (Å²) in [4.78, 5) is 16.0. The van der Waals surface area contributed by atoms with Crippen LogP contribution in [0.15, 0.2) is 42.5 Å². The molecule has 2 aromatic carbocycles. The lowest BCUT2D eigenvalue weighted by Crippen LogP contribution is -1.84. The zero-order valence-corrected chi connectivity index (χ0v) is 11.9. The van der Waals surface area contributed by atoms with Crippen LogP contribution >= 0.6 is 0 Å². The Morgan fingerprint density at radius 1 is 0.905 bits per heavy atom. The maximum atomic E-state index is 4.64. The molecule has 0 atom stereocenters. The number of nitrogens with zero attached hydrogens (tertiary/aromatic N) is 2. The summed E-state index contributed by atoms with van der Waals surface area (Å²) in [5.41, 5.74) is 5.20. The number of aryl methyl sites for hydroxylation is 1. The molecular formula is C17H16N4. The number of aromatic amines is 2. The molecule has 0 saturated carbocycles. The van der Waals surface area contributed by atoms with Gasteiger partial charge in [0.05, 0.1) is 22.1 Å². The first kappa shape index (κ1) is 12.1. The zero-order valence-electron chi connectivity index (χ0n) is 11.9. The van der Waals surface area contributed by atoms with Gasteiger partial charge in [0.15, 0.2) is 0 Å². The second-order valence-corrected chi connectivity index (χ2v) is 5.27. The van der Waals surface area contributed by atoms with Gasteiger partial charge in [-0.3, -0.25) is 0 Å². The molecule has 4 heteroatoms. The van der Waals surface area contributed by atoms with Crippen molar-refractivity contribution in [2.45, 2.75) is 19.8 Å². The summed E-state index contributed by atoms with van der Waals surface area (Å²) in [6.07, 6.45) is 2.07. The van der Waals surface area contributed by atoms with E-state index >= 15 is 0 Å². The first-order chi connectivity index (χ1) is 10.3. The third kappa shape index (κ3) is 2.09. The van der Waals surface area contributed by atoms with Gasteiger partial charge in [-0.1, -0.05) is 19.1 Å². The van der Waals surface area contributed by atoms with Crippen LogP contribution in [0.1, 0.15) is 19.2 Å². The molecule has 2 aromatic heterocycles. The molecule has 0 saturated heterocycles. The van der Waals surface area contributed by atoms with Crippen LogP contribution in [0.2, 0.25) is 0 Å². The highest BCUT2D eigenvalue weighted by atomic mass is 14.9. The van der Waals surface area contributed by atoms with E-state index in [4.69, 9.17) is 0 Å². The van der Waals surface area contributed by atoms with Gasteiger partial charge in [0.1, 0.15) is 11.6 Å². The Kier molecular flexibility index (Phi) is 2.74. The zero-order chi connectivity index (χ0) is 14.2. The van der Waals surface area contributed by atoms with Crippen molar-refractivity contribution in [3.63, 3.8) is 0 Å². The fourth-order valence-electron chi connectivity index (χ4n) is 2.65. The molecule has 4 aromatic rings. The van der Waals surface area contributed by atoms with E-state index in [9.17, 15) is 0 Å². The monoisotopic (exact) mass is 276 g/mol. The Balaban J connectivity index is 1.81. The molecule has 0 spiro atoms. The molecule has 0 bridgehead atoms. The number of hydrogen-bond acceptors (Lipinski definition) is 2. The molecule has 0 aliphatic carbocycles. The number of benzene rings is 2. The van der Waals surface area contributed by atoms with E-state index in [2.05, 4.69) is 39.0 Å². The Hall–Kier alpha value is -2.62. The van der Waals surface area contributed by atoms with Crippen LogP contribution in [-0.4, -0.2) is 19.9 Å². The average Bonchev–Trinajstić information content (AvgIpc) is 3.09. The van der Waals surface area contributed by atoms with Crippen molar-refractivity contribution in [3.8, 4) is 11.4 Å². The number of imidazole rings is 2. The van der Waals surface area contributed by atoms with Gasteiger partial charge in [-0.05, 0) is 36.8 Å². The highest BCUT2D eigenvalue weighted by Crippen LogP contribution is 2.23. The summed E-state index contributed by atoms with van der Waals surface area (Å²) in [5.74, 6) is 1.94. The lowest BCUT2D eigenvalue weighted by Gasteiger charge is -1.96. The van der Waals surface area contributed by atoms with Crippen LogP contribution in [0.4, 0.5) is 0 Å². The van der Waals surface area contributed by atoms with Crippen molar-refractivity contribution in [1.82, 2.24) is 19.9 Å². The highest BCUT2D eigenvalue weighted by Gasteiger charge is 2.08. The fourth-order valence-corrected chi connectivity index (χ4v) is 2.65. The first-order valence-corrected chi connectivity index (χ1v) is 7.27. The number of nitrogens with one attached hydrogen (secondary N) is 2. The Morgan fingerprint density at radius 2 is 1.76 bits per heavy atom. The van der Waals surface area contributed by atoms with Gasteiger partial charge >= 0.3 is 0 Å². The summed E-state index contributed by atoms with van der Waals surface area (Å²) in [6, 6.07) is 14.3. The second-order valence-electron chi connectivity index (χ2n) is 5.27. The summed E-state index contributed by atoms with van der Waals surface area (Å²) in [5, 5.41) is 0. The molecule has 0 amide bonds. The van der Waals surface area contributed by atoms with Gasteiger partial charge in [-0.2, -0.15) is 0 Å². The van der Waals surface area contributed by atoms with Gasteiger partial charge in [0.2, 0.25) is 0 Å². The van der Waals surface area contributed by atoms with Crippen LogP contribution in [0.25, 0.3) is 33.5 Å². The molecule has 2 heterocycles. The fraction of sp³-hybridized carbons (Fsp3) is 0.176. The van der Waals surface area contributed by atoms with Gasteiger partial charge in [0, 0.05) is 12.0 Å². The van der Waals surface area contributed by atoms with E-state index < -0.39 is 0 Å². The number of fused-ring (bicyclic) bond motifs is 2. The maximum absolute atomic E-state index is 4.64. The Morgan fingerprint density at radius 3 is 2.62 bits per heavy atom. The van der Waals surface area contributed by atoms with E-state index in [1.54, 1.807) is 0 Å². The van der Waals surface area contributed by atoms with E-state index in [1.807, 2.05) is 30.3 Å². The van der Waals surface area contributed by atoms with Crippen molar-refractivity contribution in [2.75, 3.05) is 0 Å². The molecule has 104 valence electrons. The van der Waals surface area contributed by atoms with Crippen molar-refractivity contribution in [3.05, 3.63) is 48.3 Å². The number of aromatic nitrogens is 4. The largest absolute Gasteiger partial charge is 0.342 e. The number of para-hydroxylation sites is 2. The number of hydrogen-bond donors (Lipinski definition) is 2. The Bertz CT molecular complexity index is 884. The van der Waals surface area contributed by atoms with Crippen molar-refractivity contribution in [1.29, 1.82) is 0 Å². The average molecular weight is 276 g/mol. The van der Waals surface area contributed by atoms with Crippen LogP contribution in [0.3, 0.4) is 0 Å². The lowest BCUT2D eigenvalue weighted by atomic mass is 10.2. The van der Waals surface area contributed by atoms with Crippen molar-refractivity contribution < 1.29 is 0 Å². The lowest BCUT2D eigenvalue weighted by molar-refractivity contribution is 0.861. The maximum Gasteiger partial charge on any atom is 0.138 e. The summed E-state index contributed by atoms with van der Waals surface area (Å²) in [7, 11) is 0. The molecule has 4 nitrogen and oxygen atoms in total. The van der Waals surface area contributed by atoms with Gasteiger partial charge in [0.25, 0.3) is 0 Å². The minimum Gasteiger partial charge on any atom is -0.342 e. The minimum absolute atomic E-state index is 0.893. The molecule has 0 unspecified atom stereocenters. The minimum atomic E-state index is 0.893. The molecule has 0 fully saturated rings. The first-order valence-electron chi connectivity index (χ1n) is 7.27. The molecule has 21 heavy (non-hydrogen) atoms. The Labute approximate surface area is 122 Å². The molecule has 0 aliphatic rings. The van der Waals surface area contributed by atoms with Crippen molar-refractivity contribution in [2.24, 2.45) is 0 Å². The smallest absolute Gasteiger partial charge is 0.138 e. The molecular weight excluding hydrogens is 260 g/mol. The van der Waals surface area contributed by atoms with Crippen LogP contribution in [-0.2, 0) is 6.42 Å². The molecule has 0 aliphatic heterocycles. The van der Waals surface area contributed by atoms with Gasteiger partial charge in [-0.25, -0.2) is 9.97 Å². The second kappa shape index (κ2) is 4.74.